The molecule has 2 fully saturated rings. The molecule has 1 saturated heterocycles. The molecule has 4 aromatic rings. The van der Waals surface area contributed by atoms with Gasteiger partial charge in [-0.2, -0.15) is 9.71 Å². The van der Waals surface area contributed by atoms with Crippen LogP contribution < -0.4 is 14.9 Å². The van der Waals surface area contributed by atoms with E-state index in [2.05, 4.69) is 49.0 Å². The first-order valence-corrected chi connectivity index (χ1v) is 14.3. The maximum atomic E-state index is 15.6. The second-order valence-corrected chi connectivity index (χ2v) is 11.3. The van der Waals surface area contributed by atoms with Gasteiger partial charge < -0.3 is 19.7 Å². The van der Waals surface area contributed by atoms with E-state index in [0.29, 0.717) is 40.1 Å². The normalized spacial score (nSPS) is 17.1. The number of nitrogens with zero attached hydrogens (tertiary/aromatic N) is 6. The number of fused-ring (bicyclic) bond motifs is 1. The number of hydrogen-bond donors (Lipinski definition) is 2. The topological polar surface area (TPSA) is 97.2 Å². The van der Waals surface area contributed by atoms with Crippen molar-refractivity contribution in [3.8, 4) is 5.82 Å². The van der Waals surface area contributed by atoms with Crippen LogP contribution in [-0.2, 0) is 11.4 Å². The Morgan fingerprint density at radius 3 is 2.53 bits per heavy atom. The Kier molecular flexibility index (Phi) is 6.81. The average molecular weight is 535 g/mol. The van der Waals surface area contributed by atoms with Crippen molar-refractivity contribution in [1.29, 1.82) is 0 Å². The van der Waals surface area contributed by atoms with Gasteiger partial charge in [0, 0.05) is 49.7 Å². The number of rotatable bonds is 8. The van der Waals surface area contributed by atoms with Crippen LogP contribution in [0.15, 0.2) is 48.7 Å². The molecule has 198 valence electrons. The second kappa shape index (κ2) is 10.4. The molecule has 1 atom stereocenters. The molecule has 1 unspecified atom stereocenters. The second-order valence-electron chi connectivity index (χ2n) is 9.82. The molecule has 3 aromatic heterocycles. The van der Waals surface area contributed by atoms with Gasteiger partial charge in [-0.25, -0.2) is 14.4 Å². The average Bonchev–Trinajstić information content (AvgIpc) is 3.73. The smallest absolute Gasteiger partial charge is 0.229 e. The van der Waals surface area contributed by atoms with Gasteiger partial charge in [-0.15, -0.1) is 0 Å². The Morgan fingerprint density at radius 2 is 1.82 bits per heavy atom. The first-order chi connectivity index (χ1) is 18.5. The van der Waals surface area contributed by atoms with Gasteiger partial charge in [0.15, 0.2) is 17.3 Å². The van der Waals surface area contributed by atoms with E-state index in [0.717, 1.165) is 44.7 Å². The lowest BCUT2D eigenvalue weighted by Gasteiger charge is -2.34. The third kappa shape index (κ3) is 5.01. The minimum atomic E-state index is -1.23. The highest BCUT2D eigenvalue weighted by Crippen LogP contribution is 2.45. The van der Waals surface area contributed by atoms with Crippen molar-refractivity contribution in [3.05, 3.63) is 60.2 Å². The molecular weight excluding hydrogens is 503 g/mol. The summed E-state index contributed by atoms with van der Waals surface area (Å²) < 4.78 is 32.3. The van der Waals surface area contributed by atoms with E-state index in [-0.39, 0.29) is 11.7 Å². The number of halogens is 1. The molecule has 38 heavy (non-hydrogen) atoms. The summed E-state index contributed by atoms with van der Waals surface area (Å²) in [5.41, 5.74) is 3.07. The lowest BCUT2D eigenvalue weighted by Crippen LogP contribution is -2.44. The van der Waals surface area contributed by atoms with Crippen LogP contribution in [0.25, 0.3) is 16.9 Å². The van der Waals surface area contributed by atoms with E-state index in [1.54, 1.807) is 10.6 Å². The third-order valence-electron chi connectivity index (χ3n) is 7.08. The predicted octanol–water partition coefficient (Wildman–Crippen LogP) is 4.42. The zero-order valence-electron chi connectivity index (χ0n) is 21.5. The molecule has 0 spiro atoms. The summed E-state index contributed by atoms with van der Waals surface area (Å²) in [6.07, 6.45) is 3.38. The van der Waals surface area contributed by atoms with Gasteiger partial charge in [0.05, 0.1) is 22.4 Å². The molecule has 4 heterocycles. The van der Waals surface area contributed by atoms with Crippen LogP contribution in [0.1, 0.15) is 31.4 Å². The summed E-state index contributed by atoms with van der Waals surface area (Å²) in [6, 6.07) is 13.6. The summed E-state index contributed by atoms with van der Waals surface area (Å²) in [5, 5.41) is 3.63. The number of pyridine rings is 1. The van der Waals surface area contributed by atoms with Crippen molar-refractivity contribution >= 4 is 45.5 Å². The highest BCUT2D eigenvalue weighted by Gasteiger charge is 2.34. The largest absolute Gasteiger partial charge is 0.593 e. The number of anilines is 4. The van der Waals surface area contributed by atoms with Crippen molar-refractivity contribution in [2.24, 2.45) is 0 Å². The molecular formula is C27H31FN8OS. The standard InChI is InChI=1S/C27H31FN8OS/c1-3-38(37)33-22-5-4-6-23(31-22)36-25(18-7-8-18)24(28)21-17-29-27(32-26(21)36)30-19-9-11-20(12-10-19)35-15-13-34(2)14-16-35/h4-6,9-12,17-18H,3,7-8,13-16H2,1-2H3,(H,31,33)(H,29,30,32). The van der Waals surface area contributed by atoms with E-state index in [1.165, 1.54) is 11.9 Å². The molecule has 6 rings (SSSR count). The number of piperazine rings is 1. The van der Waals surface area contributed by atoms with E-state index in [4.69, 9.17) is 4.98 Å². The maximum absolute atomic E-state index is 15.6. The fraction of sp³-hybridized carbons (Fsp3) is 0.370. The Labute approximate surface area is 224 Å². The van der Waals surface area contributed by atoms with Crippen molar-refractivity contribution in [1.82, 2.24) is 24.4 Å². The summed E-state index contributed by atoms with van der Waals surface area (Å²) >= 11 is -1.23. The van der Waals surface area contributed by atoms with Crippen molar-refractivity contribution in [2.75, 3.05) is 53.9 Å². The van der Waals surface area contributed by atoms with Crippen LogP contribution in [-0.4, -0.2) is 68.0 Å². The van der Waals surface area contributed by atoms with Crippen LogP contribution in [0.3, 0.4) is 0 Å². The zero-order valence-corrected chi connectivity index (χ0v) is 22.3. The minimum Gasteiger partial charge on any atom is -0.593 e. The fourth-order valence-electron chi connectivity index (χ4n) is 4.80. The molecule has 2 N–H and O–H groups in total. The van der Waals surface area contributed by atoms with Gasteiger partial charge in [-0.3, -0.25) is 4.57 Å². The summed E-state index contributed by atoms with van der Waals surface area (Å²) in [5.74, 6) is 1.65. The fourth-order valence-corrected chi connectivity index (χ4v) is 5.29. The lowest BCUT2D eigenvalue weighted by molar-refractivity contribution is 0.313. The van der Waals surface area contributed by atoms with Crippen LogP contribution >= 0.6 is 0 Å². The van der Waals surface area contributed by atoms with E-state index >= 15 is 4.39 Å². The Bertz CT molecular complexity index is 1430. The minimum absolute atomic E-state index is 0.117. The molecule has 0 radical (unpaired) electrons. The number of likely N-dealkylation sites (N-methyl/N-ethyl adjacent to an activating group) is 1. The predicted molar refractivity (Wildman–Crippen MR) is 150 cm³/mol. The van der Waals surface area contributed by atoms with Crippen LogP contribution in [0, 0.1) is 5.82 Å². The maximum Gasteiger partial charge on any atom is 0.229 e. The van der Waals surface area contributed by atoms with E-state index in [1.807, 2.05) is 31.2 Å². The lowest BCUT2D eigenvalue weighted by atomic mass is 10.2. The monoisotopic (exact) mass is 534 g/mol. The van der Waals surface area contributed by atoms with Gasteiger partial charge >= 0.3 is 0 Å². The van der Waals surface area contributed by atoms with Crippen molar-refractivity contribution in [2.45, 2.75) is 25.7 Å². The molecule has 1 aliphatic carbocycles. The van der Waals surface area contributed by atoms with Gasteiger partial charge in [0.2, 0.25) is 5.95 Å². The van der Waals surface area contributed by atoms with E-state index < -0.39 is 11.4 Å². The molecule has 1 aliphatic heterocycles. The van der Waals surface area contributed by atoms with Crippen molar-refractivity contribution < 1.29 is 8.94 Å². The molecule has 11 heteroatoms. The molecule has 2 aliphatic rings. The molecule has 0 amide bonds. The van der Waals surface area contributed by atoms with Crippen LogP contribution in [0.4, 0.5) is 27.5 Å². The first kappa shape index (κ1) is 24.9. The highest BCUT2D eigenvalue weighted by molar-refractivity contribution is 7.92. The van der Waals surface area contributed by atoms with Gasteiger partial charge in [0.1, 0.15) is 11.6 Å². The summed E-state index contributed by atoms with van der Waals surface area (Å²) in [7, 11) is 2.15. The first-order valence-electron chi connectivity index (χ1n) is 13.0. The quantitative estimate of drug-likeness (QED) is 0.321. The van der Waals surface area contributed by atoms with Crippen LogP contribution in [0.2, 0.25) is 0 Å². The van der Waals surface area contributed by atoms with Gasteiger partial charge in [-0.05, 0) is 63.2 Å². The van der Waals surface area contributed by atoms with Gasteiger partial charge in [-0.1, -0.05) is 6.07 Å². The number of aromatic nitrogens is 4. The number of hydrogen-bond acceptors (Lipinski definition) is 8. The van der Waals surface area contributed by atoms with Gasteiger partial charge in [0.25, 0.3) is 0 Å². The van der Waals surface area contributed by atoms with E-state index in [9.17, 15) is 4.55 Å². The van der Waals surface area contributed by atoms with Crippen LogP contribution in [0.5, 0.6) is 0 Å². The Morgan fingerprint density at radius 1 is 1.05 bits per heavy atom. The number of nitrogens with one attached hydrogen (secondary N) is 2. The SMILES string of the molecule is CC[S+]([O-])Nc1cccc(-n2c(C3CC3)c(F)c3cnc(Nc4ccc(N5CCN(C)CC5)cc4)nc32)n1. The van der Waals surface area contributed by atoms with Crippen molar-refractivity contribution in [3.63, 3.8) is 0 Å². The molecule has 0 bridgehead atoms. The highest BCUT2D eigenvalue weighted by atomic mass is 32.2. The summed E-state index contributed by atoms with van der Waals surface area (Å²) in [6.45, 7) is 5.95. The molecule has 1 aromatic carbocycles. The third-order valence-corrected chi connectivity index (χ3v) is 8.04. The number of benzene rings is 1. The molecule has 1 saturated carbocycles. The Balaban J connectivity index is 1.32. The molecule has 9 nitrogen and oxygen atoms in total. The Hall–Kier alpha value is -3.41. The summed E-state index contributed by atoms with van der Waals surface area (Å²) in [4.78, 5) is 18.5. The zero-order chi connectivity index (χ0) is 26.2.